The van der Waals surface area contributed by atoms with Gasteiger partial charge in [0.05, 0.1) is 37.4 Å². The van der Waals surface area contributed by atoms with E-state index in [1.54, 1.807) is 6.33 Å². The van der Waals surface area contributed by atoms with Crippen molar-refractivity contribution in [2.45, 2.75) is 50.7 Å². The van der Waals surface area contributed by atoms with E-state index in [1.807, 2.05) is 35.2 Å². The van der Waals surface area contributed by atoms with Gasteiger partial charge in [0.15, 0.2) is 0 Å². The summed E-state index contributed by atoms with van der Waals surface area (Å²) in [6.07, 6.45) is 8.71. The Balaban J connectivity index is 1.30. The quantitative estimate of drug-likeness (QED) is 0.644. The van der Waals surface area contributed by atoms with E-state index in [0.29, 0.717) is 38.4 Å². The SMILES string of the molecule is O=C(NCC1=CCCOC1)N1CCC(O)(Cn2cnc(-c3ccccc3)cc2=O)C2(CCCC2)C1. The molecule has 1 saturated carbocycles. The summed E-state index contributed by atoms with van der Waals surface area (Å²) >= 11 is 0. The molecule has 2 aliphatic heterocycles. The fourth-order valence-electron chi connectivity index (χ4n) is 5.90. The van der Waals surface area contributed by atoms with Crippen LogP contribution in [0.25, 0.3) is 11.3 Å². The van der Waals surface area contributed by atoms with E-state index in [1.165, 1.54) is 10.6 Å². The van der Waals surface area contributed by atoms with E-state index in [-0.39, 0.29) is 18.1 Å². The van der Waals surface area contributed by atoms with Crippen molar-refractivity contribution in [3.8, 4) is 11.3 Å². The van der Waals surface area contributed by atoms with Gasteiger partial charge in [0.25, 0.3) is 5.56 Å². The molecule has 1 aliphatic carbocycles. The van der Waals surface area contributed by atoms with Crippen molar-refractivity contribution in [3.63, 3.8) is 0 Å². The lowest BCUT2D eigenvalue weighted by atomic mass is 9.66. The zero-order valence-corrected chi connectivity index (χ0v) is 20.1. The highest BCUT2D eigenvalue weighted by Gasteiger charge is 2.55. The highest BCUT2D eigenvalue weighted by Crippen LogP contribution is 2.51. The summed E-state index contributed by atoms with van der Waals surface area (Å²) in [5.74, 6) is 0. The number of likely N-dealkylation sites (tertiary alicyclic amines) is 1. The van der Waals surface area contributed by atoms with Crippen molar-refractivity contribution in [1.82, 2.24) is 19.8 Å². The normalized spacial score (nSPS) is 23.8. The van der Waals surface area contributed by atoms with E-state index >= 15 is 0 Å². The molecule has 2 fully saturated rings. The summed E-state index contributed by atoms with van der Waals surface area (Å²) in [5, 5.41) is 15.0. The predicted octanol–water partition coefficient (Wildman–Crippen LogP) is 2.96. The van der Waals surface area contributed by atoms with Gasteiger partial charge in [0.2, 0.25) is 0 Å². The lowest BCUT2D eigenvalue weighted by Gasteiger charge is -2.52. The van der Waals surface area contributed by atoms with Gasteiger partial charge < -0.3 is 20.1 Å². The third-order valence-corrected chi connectivity index (χ3v) is 7.95. The van der Waals surface area contributed by atoms with E-state index in [2.05, 4.69) is 16.4 Å². The van der Waals surface area contributed by atoms with Crippen molar-refractivity contribution in [3.05, 3.63) is 64.7 Å². The summed E-state index contributed by atoms with van der Waals surface area (Å²) < 4.78 is 6.99. The van der Waals surface area contributed by atoms with Crippen molar-refractivity contribution in [2.75, 3.05) is 32.8 Å². The second-order valence-corrected chi connectivity index (χ2v) is 10.2. The minimum Gasteiger partial charge on any atom is -0.387 e. The van der Waals surface area contributed by atoms with E-state index in [4.69, 9.17) is 4.74 Å². The molecule has 3 heterocycles. The molecule has 1 saturated heterocycles. The summed E-state index contributed by atoms with van der Waals surface area (Å²) in [5.41, 5.74) is 0.938. The van der Waals surface area contributed by atoms with Crippen molar-refractivity contribution < 1.29 is 14.6 Å². The smallest absolute Gasteiger partial charge is 0.317 e. The summed E-state index contributed by atoms with van der Waals surface area (Å²) in [7, 11) is 0. The number of aliphatic hydroxyl groups is 1. The van der Waals surface area contributed by atoms with Crippen LogP contribution in [-0.2, 0) is 11.3 Å². The van der Waals surface area contributed by atoms with Gasteiger partial charge in [-0.1, -0.05) is 49.2 Å². The van der Waals surface area contributed by atoms with Crippen LogP contribution in [0.4, 0.5) is 4.79 Å². The Morgan fingerprint density at radius 1 is 1.17 bits per heavy atom. The number of nitrogens with zero attached hydrogens (tertiary/aromatic N) is 3. The number of rotatable bonds is 5. The molecule has 1 aromatic heterocycles. The van der Waals surface area contributed by atoms with Gasteiger partial charge in [0, 0.05) is 36.7 Å². The fourth-order valence-corrected chi connectivity index (χ4v) is 5.90. The highest BCUT2D eigenvalue weighted by molar-refractivity contribution is 5.74. The van der Waals surface area contributed by atoms with Crippen LogP contribution in [0.2, 0.25) is 0 Å². The number of aromatic nitrogens is 2. The zero-order chi connectivity index (χ0) is 24.3. The molecule has 2 aromatic rings. The number of piperidine rings is 1. The first-order valence-electron chi connectivity index (χ1n) is 12.6. The molecule has 2 amide bonds. The van der Waals surface area contributed by atoms with Crippen molar-refractivity contribution in [1.29, 1.82) is 0 Å². The third kappa shape index (κ3) is 4.90. The molecule has 1 atom stereocenters. The molecule has 1 aromatic carbocycles. The summed E-state index contributed by atoms with van der Waals surface area (Å²) in [6.45, 7) is 2.92. The maximum atomic E-state index is 13.0. The molecule has 2 N–H and O–H groups in total. The Kier molecular flexibility index (Phi) is 6.75. The number of urea groups is 1. The zero-order valence-electron chi connectivity index (χ0n) is 20.1. The van der Waals surface area contributed by atoms with Crippen LogP contribution in [0, 0.1) is 5.41 Å². The van der Waals surface area contributed by atoms with Crippen molar-refractivity contribution >= 4 is 6.03 Å². The summed E-state index contributed by atoms with van der Waals surface area (Å²) in [6, 6.07) is 11.0. The number of hydrogen-bond donors (Lipinski definition) is 2. The van der Waals surface area contributed by atoms with E-state index in [9.17, 15) is 14.7 Å². The lowest BCUT2D eigenvalue weighted by Crippen LogP contribution is -2.63. The molecule has 5 rings (SSSR count). The van der Waals surface area contributed by atoms with Gasteiger partial charge in [-0.05, 0) is 31.3 Å². The van der Waals surface area contributed by atoms with Crippen LogP contribution in [-0.4, -0.2) is 64.0 Å². The summed E-state index contributed by atoms with van der Waals surface area (Å²) in [4.78, 5) is 32.3. The van der Waals surface area contributed by atoms with E-state index in [0.717, 1.165) is 49.8 Å². The number of ether oxygens (including phenoxy) is 1. The number of nitrogens with one attached hydrogen (secondary N) is 1. The van der Waals surface area contributed by atoms with Gasteiger partial charge in [-0.15, -0.1) is 0 Å². The highest BCUT2D eigenvalue weighted by atomic mass is 16.5. The molecule has 0 radical (unpaired) electrons. The van der Waals surface area contributed by atoms with Gasteiger partial charge in [-0.25, -0.2) is 9.78 Å². The minimum absolute atomic E-state index is 0.101. The molecule has 0 bridgehead atoms. The Morgan fingerprint density at radius 3 is 2.69 bits per heavy atom. The Morgan fingerprint density at radius 2 is 1.97 bits per heavy atom. The monoisotopic (exact) mass is 478 g/mol. The third-order valence-electron chi connectivity index (χ3n) is 7.95. The number of carbonyl (C=O) groups is 1. The average Bonchev–Trinajstić information content (AvgIpc) is 3.37. The molecule has 35 heavy (non-hydrogen) atoms. The second-order valence-electron chi connectivity index (χ2n) is 10.2. The molecule has 8 heteroatoms. The van der Waals surface area contributed by atoms with E-state index < -0.39 is 11.0 Å². The Bertz CT molecular complexity index is 1140. The van der Waals surface area contributed by atoms with Gasteiger partial charge >= 0.3 is 6.03 Å². The van der Waals surface area contributed by atoms with Crippen LogP contribution in [0.15, 0.2) is 59.2 Å². The maximum absolute atomic E-state index is 13.0. The van der Waals surface area contributed by atoms with Gasteiger partial charge in [-0.3, -0.25) is 9.36 Å². The second kappa shape index (κ2) is 9.95. The Labute approximate surface area is 205 Å². The molecule has 186 valence electrons. The van der Waals surface area contributed by atoms with Crippen LogP contribution in [0.1, 0.15) is 38.5 Å². The minimum atomic E-state index is -1.07. The van der Waals surface area contributed by atoms with Crippen molar-refractivity contribution in [2.24, 2.45) is 5.41 Å². The number of amides is 2. The number of hydrogen-bond acceptors (Lipinski definition) is 5. The molecular weight excluding hydrogens is 444 g/mol. The standard InChI is InChI=1S/C27H34N4O4/c32-24-15-23(22-8-2-1-3-9-22)29-20-31(24)19-27(34)12-13-30(18-26(27)10-4-5-11-26)25(33)28-16-21-7-6-14-35-17-21/h1-3,7-9,15,20,34H,4-6,10-14,16-19H2,(H,28,33). The molecule has 3 aliphatic rings. The first-order valence-corrected chi connectivity index (χ1v) is 12.6. The molecular formula is C27H34N4O4. The molecule has 8 nitrogen and oxygen atoms in total. The Hall–Kier alpha value is -2.97. The first kappa shape index (κ1) is 23.8. The van der Waals surface area contributed by atoms with Gasteiger partial charge in [0.1, 0.15) is 0 Å². The first-order chi connectivity index (χ1) is 17.0. The topological polar surface area (TPSA) is 96.7 Å². The van der Waals surface area contributed by atoms with Crippen LogP contribution >= 0.6 is 0 Å². The largest absolute Gasteiger partial charge is 0.387 e. The number of carbonyl (C=O) groups excluding carboxylic acids is 1. The van der Waals surface area contributed by atoms with Gasteiger partial charge in [-0.2, -0.15) is 0 Å². The average molecular weight is 479 g/mol. The molecule has 1 unspecified atom stereocenters. The maximum Gasteiger partial charge on any atom is 0.317 e. The molecule has 1 spiro atoms. The van der Waals surface area contributed by atoms with Crippen LogP contribution < -0.4 is 10.9 Å². The predicted molar refractivity (Wildman–Crippen MR) is 133 cm³/mol. The number of benzene rings is 1. The van der Waals surface area contributed by atoms with Crippen LogP contribution in [0.5, 0.6) is 0 Å². The lowest BCUT2D eigenvalue weighted by molar-refractivity contribution is -0.135. The van der Waals surface area contributed by atoms with Crippen LogP contribution in [0.3, 0.4) is 0 Å². The fraction of sp³-hybridized carbons (Fsp3) is 0.519.